The van der Waals surface area contributed by atoms with Crippen LogP contribution in [0.4, 0.5) is 0 Å². The molecule has 1 aliphatic rings. The van der Waals surface area contributed by atoms with Crippen molar-refractivity contribution in [2.45, 2.75) is 77.4 Å². The number of aromatic hydroxyl groups is 1. The minimum absolute atomic E-state index is 0.00439. The van der Waals surface area contributed by atoms with Gasteiger partial charge in [0.2, 0.25) is 23.6 Å². The molecular formula is C45H56N10O7Si. The van der Waals surface area contributed by atoms with Crippen molar-refractivity contribution in [1.29, 1.82) is 5.26 Å². The van der Waals surface area contributed by atoms with Gasteiger partial charge >= 0.3 is 0 Å². The summed E-state index contributed by atoms with van der Waals surface area (Å²) in [6, 6.07) is 14.3. The highest BCUT2D eigenvalue weighted by Gasteiger charge is 2.36. The third kappa shape index (κ3) is 11.2. The second kappa shape index (κ2) is 20.5. The summed E-state index contributed by atoms with van der Waals surface area (Å²) in [7, 11) is -0.141. The zero-order valence-electron chi connectivity index (χ0n) is 36.7. The molecule has 18 heteroatoms. The lowest BCUT2D eigenvalue weighted by Gasteiger charge is -2.32. The smallest absolute Gasteiger partial charge is 0.255 e. The largest absolute Gasteiger partial charge is 0.507 e. The number of likely N-dealkylation sites (N-methyl/N-ethyl adjacent to an activating group) is 1. The molecule has 5 amide bonds. The molecule has 4 aromatic rings. The lowest BCUT2D eigenvalue weighted by molar-refractivity contribution is -0.141. The Bertz CT molecular complexity index is 2390. The zero-order valence-corrected chi connectivity index (χ0v) is 37.7. The molecule has 0 fully saturated rings. The van der Waals surface area contributed by atoms with E-state index in [-0.39, 0.29) is 61.5 Å². The fraction of sp³-hybridized carbons (Fsp3) is 0.378. The molecule has 4 atom stereocenters. The highest BCUT2D eigenvalue weighted by Crippen LogP contribution is 2.39. The van der Waals surface area contributed by atoms with Gasteiger partial charge in [-0.05, 0) is 69.1 Å². The Morgan fingerprint density at radius 3 is 2.27 bits per heavy atom. The number of carbonyl (C=O) groups is 5. The molecule has 0 saturated carbocycles. The van der Waals surface area contributed by atoms with Gasteiger partial charge in [0, 0.05) is 36.7 Å². The molecule has 1 aromatic heterocycles. The van der Waals surface area contributed by atoms with Gasteiger partial charge in [0.1, 0.15) is 48.8 Å². The van der Waals surface area contributed by atoms with Crippen LogP contribution in [0.2, 0.25) is 19.6 Å². The fourth-order valence-corrected chi connectivity index (χ4v) is 8.54. The van der Waals surface area contributed by atoms with Crippen molar-refractivity contribution in [3.05, 3.63) is 88.7 Å². The molecule has 5 rings (SSSR count). The first-order valence-corrected chi connectivity index (χ1v) is 24.2. The van der Waals surface area contributed by atoms with E-state index in [0.717, 1.165) is 10.5 Å². The van der Waals surface area contributed by atoms with E-state index in [4.69, 9.17) is 21.5 Å². The Labute approximate surface area is 368 Å². The molecule has 0 saturated heterocycles. The number of phenolic OH excluding ortho intramolecular Hbond substituents is 1. The van der Waals surface area contributed by atoms with Crippen LogP contribution in [0.1, 0.15) is 52.3 Å². The van der Waals surface area contributed by atoms with Crippen LogP contribution in [-0.4, -0.2) is 109 Å². The van der Waals surface area contributed by atoms with Crippen LogP contribution < -0.4 is 42.7 Å². The van der Waals surface area contributed by atoms with Crippen molar-refractivity contribution in [1.82, 2.24) is 36.1 Å². The Morgan fingerprint density at radius 1 is 0.968 bits per heavy atom. The van der Waals surface area contributed by atoms with Crippen molar-refractivity contribution in [2.75, 3.05) is 33.3 Å². The average molecular weight is 877 g/mol. The molecule has 63 heavy (non-hydrogen) atoms. The van der Waals surface area contributed by atoms with E-state index >= 15 is 0 Å². The number of aromatic nitrogens is 2. The monoisotopic (exact) mass is 876 g/mol. The van der Waals surface area contributed by atoms with Crippen LogP contribution in [0.15, 0.2) is 60.7 Å². The first-order chi connectivity index (χ1) is 29.9. The van der Waals surface area contributed by atoms with Crippen LogP contribution in [-0.2, 0) is 25.6 Å². The van der Waals surface area contributed by atoms with E-state index in [9.17, 15) is 29.1 Å². The predicted molar refractivity (Wildman–Crippen MR) is 240 cm³/mol. The maximum Gasteiger partial charge on any atom is 0.255 e. The zero-order chi connectivity index (χ0) is 46.2. The molecule has 17 nitrogen and oxygen atoms in total. The van der Waals surface area contributed by atoms with Gasteiger partial charge in [0.15, 0.2) is 5.82 Å². The molecule has 2 heterocycles. The number of carbonyl (C=O) groups excluding carboxylic acids is 5. The number of hydrogen-bond acceptors (Lipinski definition) is 12. The Hall–Kier alpha value is -6.68. The standard InChI is InChI=1S/C45H56N10O7Si/c1-25-38(26(2)51-40(50-25)29-9-12-31(13-10-29)63(5,6)7)43(59)53-34(16-17-46)45(61)55(4)39-30-11-15-37(62-21-19-48)33(24-30)32-22-28(8-14-36(32)56)23-35(42(58)49-20-18-47)54-41(57)27(3)52-44(39)60/h8-15,22,24,27,34-35,39,56H,16-17,19-21,23,46,48H2,1-7H3,(H,49,58)(H,52,60)(H,53,59)(H,54,57)/t27-,34?,35-,39-/m0/s1. The van der Waals surface area contributed by atoms with Crippen molar-refractivity contribution >= 4 is 42.8 Å². The lowest BCUT2D eigenvalue weighted by atomic mass is 9.93. The maximum atomic E-state index is 14.6. The number of hydrogen-bond donors (Lipinski definition) is 7. The maximum absolute atomic E-state index is 14.6. The third-order valence-electron chi connectivity index (χ3n) is 10.8. The first kappa shape index (κ1) is 47.4. The van der Waals surface area contributed by atoms with E-state index in [1.54, 1.807) is 44.2 Å². The number of phenols is 1. The summed E-state index contributed by atoms with van der Waals surface area (Å²) in [6.07, 6.45) is -0.0404. The summed E-state index contributed by atoms with van der Waals surface area (Å²) in [6.45, 7) is 11.6. The van der Waals surface area contributed by atoms with E-state index in [1.165, 1.54) is 25.2 Å². The number of nitrogens with two attached hydrogens (primary N) is 2. The Balaban J connectivity index is 1.53. The van der Waals surface area contributed by atoms with E-state index in [2.05, 4.69) is 63.0 Å². The summed E-state index contributed by atoms with van der Waals surface area (Å²) in [5.41, 5.74) is 15.0. The topological polar surface area (TPSA) is 268 Å². The highest BCUT2D eigenvalue weighted by molar-refractivity contribution is 6.88. The molecule has 4 bridgehead atoms. The minimum atomic E-state index is -1.53. The van der Waals surface area contributed by atoms with Crippen molar-refractivity contribution in [3.63, 3.8) is 0 Å². The van der Waals surface area contributed by atoms with Gasteiger partial charge in [-0.1, -0.05) is 61.2 Å². The summed E-state index contributed by atoms with van der Waals surface area (Å²) in [5, 5.41) is 32.2. The van der Waals surface area contributed by atoms with Gasteiger partial charge in [-0.25, -0.2) is 9.97 Å². The van der Waals surface area contributed by atoms with Gasteiger partial charge in [0.25, 0.3) is 5.91 Å². The number of nitriles is 1. The highest BCUT2D eigenvalue weighted by atomic mass is 28.3. The number of fused-ring (bicyclic) bond motifs is 5. The fourth-order valence-electron chi connectivity index (χ4n) is 7.37. The predicted octanol–water partition coefficient (Wildman–Crippen LogP) is 1.85. The summed E-state index contributed by atoms with van der Waals surface area (Å²) in [4.78, 5) is 80.4. The van der Waals surface area contributed by atoms with E-state index in [0.29, 0.717) is 34.1 Å². The molecule has 0 spiro atoms. The van der Waals surface area contributed by atoms with Gasteiger partial charge < -0.3 is 47.5 Å². The lowest BCUT2D eigenvalue weighted by Crippen LogP contribution is -2.56. The number of nitrogens with zero attached hydrogens (tertiary/aromatic N) is 4. The van der Waals surface area contributed by atoms with Gasteiger partial charge in [-0.15, -0.1) is 0 Å². The summed E-state index contributed by atoms with van der Waals surface area (Å²) >= 11 is 0. The number of amides is 5. The van der Waals surface area contributed by atoms with Crippen LogP contribution in [0.5, 0.6) is 11.5 Å². The molecule has 3 aromatic carbocycles. The van der Waals surface area contributed by atoms with Crippen LogP contribution in [0, 0.1) is 25.2 Å². The number of rotatable bonds is 13. The van der Waals surface area contributed by atoms with Crippen molar-refractivity contribution in [3.8, 4) is 40.1 Å². The molecular weight excluding hydrogens is 821 g/mol. The molecule has 9 N–H and O–H groups in total. The first-order valence-electron chi connectivity index (χ1n) is 20.7. The van der Waals surface area contributed by atoms with Crippen molar-refractivity contribution < 1.29 is 33.8 Å². The van der Waals surface area contributed by atoms with E-state index < -0.39 is 61.8 Å². The van der Waals surface area contributed by atoms with Gasteiger partial charge in [-0.3, -0.25) is 24.0 Å². The van der Waals surface area contributed by atoms with Crippen molar-refractivity contribution in [2.24, 2.45) is 11.5 Å². The third-order valence-corrected chi connectivity index (χ3v) is 12.8. The number of benzene rings is 3. The molecule has 1 unspecified atom stereocenters. The molecule has 0 aliphatic carbocycles. The normalized spacial score (nSPS) is 16.9. The SMILES string of the molecule is Cc1nc(-c2ccc([Si](C)(C)C)cc2)nc(C)c1C(=O)NC(CCN)C(=O)N(C)[C@@H]1C(=O)N[C@@H](C)C(=O)N[C@H](C(=O)NCC#N)Cc2ccc(O)c(c2)-c2cc1ccc2OCCN. The number of nitrogens with one attached hydrogen (secondary N) is 4. The summed E-state index contributed by atoms with van der Waals surface area (Å²) in [5.74, 6) is -2.83. The number of ether oxygens (including phenoxy) is 1. The second-order valence-corrected chi connectivity index (χ2v) is 21.6. The van der Waals surface area contributed by atoms with Crippen LogP contribution in [0.25, 0.3) is 22.5 Å². The average Bonchev–Trinajstić information content (AvgIpc) is 3.24. The minimum Gasteiger partial charge on any atom is -0.507 e. The van der Waals surface area contributed by atoms with Gasteiger partial charge in [-0.2, -0.15) is 5.26 Å². The van der Waals surface area contributed by atoms with Crippen LogP contribution >= 0.6 is 0 Å². The summed E-state index contributed by atoms with van der Waals surface area (Å²) < 4.78 is 5.98. The quantitative estimate of drug-likeness (QED) is 0.0750. The Kier molecular flexibility index (Phi) is 15.4. The number of aryl methyl sites for hydroxylation is 2. The van der Waals surface area contributed by atoms with Gasteiger partial charge in [0.05, 0.1) is 31.1 Å². The van der Waals surface area contributed by atoms with Crippen LogP contribution in [0.3, 0.4) is 0 Å². The molecule has 1 aliphatic heterocycles. The molecule has 0 radical (unpaired) electrons. The molecule has 332 valence electrons. The second-order valence-electron chi connectivity index (χ2n) is 16.5. The Morgan fingerprint density at radius 2 is 1.65 bits per heavy atom. The van der Waals surface area contributed by atoms with E-state index in [1.807, 2.05) is 18.2 Å².